The van der Waals surface area contributed by atoms with E-state index in [1.165, 1.54) is 54.0 Å². The number of hydrogen-bond acceptors (Lipinski definition) is 3. The Bertz CT molecular complexity index is 1180. The molecule has 0 bridgehead atoms. The van der Waals surface area contributed by atoms with Crippen LogP contribution in [0.4, 0.5) is 8.78 Å². The number of hydrogen-bond donors (Lipinski definition) is 1. The summed E-state index contributed by atoms with van der Waals surface area (Å²) in [5, 5.41) is 12.2. The highest BCUT2D eigenvalue weighted by Crippen LogP contribution is 2.41. The number of carbonyl (C=O) groups is 1. The molecule has 0 aliphatic heterocycles. The molecule has 0 heterocycles. The molecule has 2 aromatic carbocycles. The van der Waals surface area contributed by atoms with Crippen LogP contribution in [0, 0.1) is 23.7 Å². The minimum absolute atomic E-state index is 0.177. The fraction of sp³-hybridized carbons (Fsp3) is 0.595. The van der Waals surface area contributed by atoms with Crippen molar-refractivity contribution in [1.29, 1.82) is 0 Å². The van der Waals surface area contributed by atoms with Crippen LogP contribution in [0.25, 0.3) is 10.8 Å². The number of carbonyl (C=O) groups excluding carboxylic acids is 1. The standard InChI is InChI=1S/C37H50F2O3/c1-26(2)37(41)42-23-21-32(20-22-40)30-14-16-31(17-15-30)34-19-18-33-24-29(12-13-35(33)25-34)11-10-28-8-6-27(7-9-28)4-3-5-36(38)39/h5,12-13,18-19,24-25,27-28,30-32,40H,1,3-4,6-11,14-17,20-23H2,2H3. The summed E-state index contributed by atoms with van der Waals surface area (Å²) < 4.78 is 29.9. The summed E-state index contributed by atoms with van der Waals surface area (Å²) in [5.41, 5.74) is 3.27. The molecule has 2 aliphatic carbocycles. The van der Waals surface area contributed by atoms with Crippen LogP contribution in [0.15, 0.2) is 60.7 Å². The molecule has 1 atom stereocenters. The topological polar surface area (TPSA) is 46.5 Å². The summed E-state index contributed by atoms with van der Waals surface area (Å²) in [6.07, 6.45) is 14.3. The molecular weight excluding hydrogens is 530 g/mol. The normalized spacial score (nSPS) is 23.3. The van der Waals surface area contributed by atoms with Gasteiger partial charge in [0.2, 0.25) is 0 Å². The lowest BCUT2D eigenvalue weighted by Gasteiger charge is -2.34. The number of aliphatic hydroxyl groups is 1. The van der Waals surface area contributed by atoms with Crippen molar-refractivity contribution in [2.75, 3.05) is 13.2 Å². The van der Waals surface area contributed by atoms with Crippen LogP contribution in [0.3, 0.4) is 0 Å². The van der Waals surface area contributed by atoms with Crippen LogP contribution in [0.1, 0.15) is 107 Å². The summed E-state index contributed by atoms with van der Waals surface area (Å²) in [4.78, 5) is 11.7. The number of benzene rings is 2. The Morgan fingerprint density at radius 2 is 1.62 bits per heavy atom. The molecule has 3 nitrogen and oxygen atoms in total. The minimum Gasteiger partial charge on any atom is -0.462 e. The van der Waals surface area contributed by atoms with Gasteiger partial charge in [0.05, 0.1) is 6.61 Å². The second-order valence-electron chi connectivity index (χ2n) is 13.0. The van der Waals surface area contributed by atoms with E-state index in [1.54, 1.807) is 6.92 Å². The van der Waals surface area contributed by atoms with Gasteiger partial charge in [0.15, 0.2) is 0 Å². The molecule has 5 heteroatoms. The van der Waals surface area contributed by atoms with Gasteiger partial charge >= 0.3 is 5.97 Å². The number of aliphatic hydroxyl groups excluding tert-OH is 1. The van der Waals surface area contributed by atoms with Gasteiger partial charge in [-0.25, -0.2) is 4.79 Å². The molecule has 1 N–H and O–H groups in total. The maximum atomic E-state index is 12.3. The fourth-order valence-electron chi connectivity index (χ4n) is 7.46. The van der Waals surface area contributed by atoms with Gasteiger partial charge in [-0.15, -0.1) is 0 Å². The molecule has 42 heavy (non-hydrogen) atoms. The Morgan fingerprint density at radius 1 is 0.952 bits per heavy atom. The van der Waals surface area contributed by atoms with E-state index in [9.17, 15) is 18.7 Å². The molecule has 0 amide bonds. The molecule has 2 aliphatic rings. The van der Waals surface area contributed by atoms with E-state index in [-0.39, 0.29) is 12.6 Å². The van der Waals surface area contributed by atoms with Crippen LogP contribution >= 0.6 is 0 Å². The third-order valence-corrected chi connectivity index (χ3v) is 10.1. The van der Waals surface area contributed by atoms with Gasteiger partial charge in [0.1, 0.15) is 0 Å². The highest BCUT2D eigenvalue weighted by Gasteiger charge is 2.28. The average molecular weight is 581 g/mol. The van der Waals surface area contributed by atoms with Gasteiger partial charge in [-0.3, -0.25) is 0 Å². The molecule has 2 aromatic rings. The zero-order valence-electron chi connectivity index (χ0n) is 25.5. The zero-order valence-corrected chi connectivity index (χ0v) is 25.5. The molecule has 1 unspecified atom stereocenters. The highest BCUT2D eigenvalue weighted by molar-refractivity contribution is 5.87. The lowest BCUT2D eigenvalue weighted by molar-refractivity contribution is -0.139. The number of rotatable bonds is 14. The van der Waals surface area contributed by atoms with Crippen LogP contribution in [0.2, 0.25) is 0 Å². The fourth-order valence-corrected chi connectivity index (χ4v) is 7.46. The van der Waals surface area contributed by atoms with E-state index in [1.807, 2.05) is 0 Å². The van der Waals surface area contributed by atoms with Gasteiger partial charge in [0.25, 0.3) is 6.08 Å². The van der Waals surface area contributed by atoms with Crippen molar-refractivity contribution in [2.24, 2.45) is 23.7 Å². The summed E-state index contributed by atoms with van der Waals surface area (Å²) in [7, 11) is 0. The number of halogens is 2. The van der Waals surface area contributed by atoms with Crippen molar-refractivity contribution >= 4 is 16.7 Å². The first kappa shape index (κ1) is 32.4. The highest BCUT2D eigenvalue weighted by atomic mass is 19.3. The lowest BCUT2D eigenvalue weighted by atomic mass is 9.72. The zero-order chi connectivity index (χ0) is 29.9. The molecule has 0 aromatic heterocycles. The van der Waals surface area contributed by atoms with E-state index in [0.29, 0.717) is 42.3 Å². The van der Waals surface area contributed by atoms with Crippen LogP contribution in [-0.4, -0.2) is 24.3 Å². The summed E-state index contributed by atoms with van der Waals surface area (Å²) in [6.45, 7) is 5.89. The van der Waals surface area contributed by atoms with Crippen molar-refractivity contribution < 1.29 is 23.4 Å². The van der Waals surface area contributed by atoms with E-state index in [2.05, 4.69) is 43.0 Å². The summed E-state index contributed by atoms with van der Waals surface area (Å²) in [5.74, 6) is 2.56. The third-order valence-electron chi connectivity index (χ3n) is 10.1. The van der Waals surface area contributed by atoms with Crippen molar-refractivity contribution in [3.8, 4) is 0 Å². The first-order valence-electron chi connectivity index (χ1n) is 16.3. The Balaban J connectivity index is 1.23. The molecule has 4 rings (SSSR count). The van der Waals surface area contributed by atoms with E-state index < -0.39 is 6.08 Å². The maximum absolute atomic E-state index is 12.3. The number of esters is 1. The Hall–Kier alpha value is -2.53. The molecule has 0 radical (unpaired) electrons. The van der Waals surface area contributed by atoms with Gasteiger partial charge in [0, 0.05) is 12.2 Å². The molecule has 230 valence electrons. The molecule has 2 fully saturated rings. The van der Waals surface area contributed by atoms with Crippen molar-refractivity contribution in [3.05, 3.63) is 71.8 Å². The number of ether oxygens (including phenoxy) is 1. The van der Waals surface area contributed by atoms with E-state index in [4.69, 9.17) is 4.74 Å². The van der Waals surface area contributed by atoms with Crippen LogP contribution < -0.4 is 0 Å². The third kappa shape index (κ3) is 9.76. The van der Waals surface area contributed by atoms with Crippen molar-refractivity contribution in [2.45, 2.75) is 103 Å². The first-order chi connectivity index (χ1) is 20.3. The van der Waals surface area contributed by atoms with Gasteiger partial charge in [-0.05, 0) is 129 Å². The van der Waals surface area contributed by atoms with Gasteiger partial charge in [-0.1, -0.05) is 68.7 Å². The summed E-state index contributed by atoms with van der Waals surface area (Å²) in [6, 6.07) is 14.0. The second kappa shape index (κ2) is 16.4. The molecule has 0 spiro atoms. The van der Waals surface area contributed by atoms with Crippen molar-refractivity contribution in [1.82, 2.24) is 0 Å². The molecule has 0 saturated heterocycles. The van der Waals surface area contributed by atoms with E-state index in [0.717, 1.165) is 63.4 Å². The number of aryl methyl sites for hydroxylation is 1. The monoisotopic (exact) mass is 580 g/mol. The second-order valence-corrected chi connectivity index (χ2v) is 13.0. The SMILES string of the molecule is C=C(C)C(=O)OCCC(CCO)C1CCC(c2ccc3cc(CCC4CCC(CCC=C(F)F)CC4)ccc3c2)CC1. The van der Waals surface area contributed by atoms with Gasteiger partial charge < -0.3 is 9.84 Å². The maximum Gasteiger partial charge on any atom is 0.333 e. The predicted octanol–water partition coefficient (Wildman–Crippen LogP) is 9.92. The molecule has 2 saturated carbocycles. The Kier molecular flexibility index (Phi) is 12.6. The van der Waals surface area contributed by atoms with E-state index >= 15 is 0 Å². The lowest BCUT2D eigenvalue weighted by Crippen LogP contribution is -2.24. The minimum atomic E-state index is -1.54. The number of fused-ring (bicyclic) bond motifs is 1. The average Bonchev–Trinajstić information content (AvgIpc) is 2.99. The Labute approximate surface area is 251 Å². The summed E-state index contributed by atoms with van der Waals surface area (Å²) >= 11 is 0. The van der Waals surface area contributed by atoms with Crippen LogP contribution in [0.5, 0.6) is 0 Å². The smallest absolute Gasteiger partial charge is 0.333 e. The predicted molar refractivity (Wildman–Crippen MR) is 168 cm³/mol. The largest absolute Gasteiger partial charge is 0.462 e. The quantitative estimate of drug-likeness (QED) is 0.179. The number of allylic oxidation sites excluding steroid dienone is 1. The molecular formula is C37H50F2O3. The Morgan fingerprint density at radius 3 is 2.29 bits per heavy atom. The van der Waals surface area contributed by atoms with Crippen molar-refractivity contribution in [3.63, 3.8) is 0 Å². The van der Waals surface area contributed by atoms with Crippen LogP contribution in [-0.2, 0) is 16.0 Å². The first-order valence-corrected chi connectivity index (χ1v) is 16.3. The van der Waals surface area contributed by atoms with Gasteiger partial charge in [-0.2, -0.15) is 8.78 Å².